The number of anilines is 1. The highest BCUT2D eigenvalue weighted by Gasteiger charge is 2.40. The second-order valence-electron chi connectivity index (χ2n) is 8.67. The quantitative estimate of drug-likeness (QED) is 0.313. The minimum atomic E-state index is -0.720. The fourth-order valence-corrected chi connectivity index (χ4v) is 4.60. The molecular formula is C27H23BrF2N4O2. The molecular weight excluding hydrogens is 530 g/mol. The highest BCUT2D eigenvalue weighted by molar-refractivity contribution is 9.10. The molecule has 0 radical (unpaired) electrons. The first-order valence-corrected chi connectivity index (χ1v) is 12.2. The number of nitrogens with zero attached hydrogens (tertiary/aromatic N) is 3. The van der Waals surface area contributed by atoms with Crippen molar-refractivity contribution in [3.63, 3.8) is 0 Å². The number of nitrogen functional groups attached to an aromatic ring is 1. The minimum absolute atomic E-state index is 0.175. The second kappa shape index (κ2) is 9.83. The van der Waals surface area contributed by atoms with Gasteiger partial charge in [0, 0.05) is 34.0 Å². The molecule has 0 unspecified atom stereocenters. The Morgan fingerprint density at radius 3 is 2.44 bits per heavy atom. The van der Waals surface area contributed by atoms with E-state index in [-0.39, 0.29) is 11.7 Å². The molecule has 36 heavy (non-hydrogen) atoms. The Bertz CT molecular complexity index is 1390. The topological polar surface area (TPSA) is 73.4 Å². The number of aromatic nitrogens is 2. The summed E-state index contributed by atoms with van der Waals surface area (Å²) in [6.45, 7) is 2.00. The van der Waals surface area contributed by atoms with Gasteiger partial charge in [0.15, 0.2) is 6.23 Å². The lowest BCUT2D eigenvalue weighted by Crippen LogP contribution is -2.32. The molecule has 3 aromatic carbocycles. The molecule has 2 N–H and O–H groups in total. The third kappa shape index (κ3) is 4.89. The van der Waals surface area contributed by atoms with Crippen molar-refractivity contribution in [2.45, 2.75) is 25.7 Å². The SMILES string of the molecule is C[C@@H]1O[C@H](c2cn(-c3ccc(Br)cc3)nc2-c2ccc(F)cc2)N(CCc2cc(N)cc(F)c2)C1=O. The molecule has 5 rings (SSSR count). The van der Waals surface area contributed by atoms with E-state index in [0.717, 1.165) is 10.2 Å². The van der Waals surface area contributed by atoms with Crippen LogP contribution in [0.2, 0.25) is 0 Å². The van der Waals surface area contributed by atoms with Gasteiger partial charge >= 0.3 is 0 Å². The van der Waals surface area contributed by atoms with E-state index in [4.69, 9.17) is 15.6 Å². The van der Waals surface area contributed by atoms with E-state index >= 15 is 0 Å². The number of carbonyl (C=O) groups excluding carboxylic acids is 1. The predicted molar refractivity (Wildman–Crippen MR) is 136 cm³/mol. The number of rotatable bonds is 6. The maximum absolute atomic E-state index is 13.8. The van der Waals surface area contributed by atoms with Crippen LogP contribution in [0.1, 0.15) is 24.3 Å². The first kappa shape index (κ1) is 24.1. The number of ether oxygens (including phenoxy) is 1. The number of amides is 1. The Morgan fingerprint density at radius 1 is 1.03 bits per heavy atom. The number of carbonyl (C=O) groups is 1. The Balaban J connectivity index is 1.53. The number of hydrogen-bond donors (Lipinski definition) is 1. The van der Waals surface area contributed by atoms with Gasteiger partial charge in [-0.2, -0.15) is 5.10 Å². The van der Waals surface area contributed by atoms with Crippen molar-refractivity contribution in [1.29, 1.82) is 0 Å². The number of nitrogens with two attached hydrogens (primary N) is 1. The Hall–Kier alpha value is -3.56. The van der Waals surface area contributed by atoms with Crippen LogP contribution in [0.4, 0.5) is 14.5 Å². The molecule has 2 heterocycles. The fraction of sp³-hybridized carbons (Fsp3) is 0.185. The van der Waals surface area contributed by atoms with Crippen molar-refractivity contribution in [2.75, 3.05) is 12.3 Å². The monoisotopic (exact) mass is 552 g/mol. The van der Waals surface area contributed by atoms with Gasteiger partial charge in [-0.15, -0.1) is 0 Å². The number of hydrogen-bond acceptors (Lipinski definition) is 4. The molecule has 1 aliphatic rings. The molecule has 1 aliphatic heterocycles. The molecule has 4 aromatic rings. The van der Waals surface area contributed by atoms with Gasteiger partial charge in [-0.3, -0.25) is 4.79 Å². The summed E-state index contributed by atoms with van der Waals surface area (Å²) in [5.41, 5.74) is 9.54. The van der Waals surface area contributed by atoms with Crippen molar-refractivity contribution in [3.8, 4) is 16.9 Å². The highest BCUT2D eigenvalue weighted by atomic mass is 79.9. The molecule has 1 amide bonds. The number of halogens is 3. The van der Waals surface area contributed by atoms with E-state index in [2.05, 4.69) is 15.9 Å². The van der Waals surface area contributed by atoms with E-state index in [1.165, 1.54) is 24.3 Å². The van der Waals surface area contributed by atoms with Crippen LogP contribution in [0.3, 0.4) is 0 Å². The predicted octanol–water partition coefficient (Wildman–Crippen LogP) is 5.65. The molecule has 2 atom stereocenters. The van der Waals surface area contributed by atoms with Crippen LogP contribution in [0.5, 0.6) is 0 Å². The summed E-state index contributed by atoms with van der Waals surface area (Å²) in [5.74, 6) is -0.955. The lowest BCUT2D eigenvalue weighted by molar-refractivity contribution is -0.130. The molecule has 0 spiro atoms. The zero-order valence-electron chi connectivity index (χ0n) is 19.4. The first-order chi connectivity index (χ1) is 17.3. The lowest BCUT2D eigenvalue weighted by Gasteiger charge is -2.23. The summed E-state index contributed by atoms with van der Waals surface area (Å²) < 4.78 is 36.2. The Morgan fingerprint density at radius 2 is 1.75 bits per heavy atom. The summed E-state index contributed by atoms with van der Waals surface area (Å²) in [5, 5.41) is 4.78. The number of benzene rings is 3. The summed E-state index contributed by atoms with van der Waals surface area (Å²) in [6, 6.07) is 18.0. The largest absolute Gasteiger partial charge is 0.399 e. The maximum atomic E-state index is 13.8. The van der Waals surface area contributed by atoms with Gasteiger partial charge in [-0.25, -0.2) is 13.5 Å². The molecule has 1 saturated heterocycles. The highest BCUT2D eigenvalue weighted by Crippen LogP contribution is 2.37. The fourth-order valence-electron chi connectivity index (χ4n) is 4.34. The van der Waals surface area contributed by atoms with Gasteiger partial charge in [0.05, 0.1) is 5.69 Å². The zero-order valence-corrected chi connectivity index (χ0v) is 21.0. The Labute approximate surface area is 215 Å². The van der Waals surface area contributed by atoms with E-state index in [1.54, 1.807) is 34.7 Å². The molecule has 1 fully saturated rings. The standard InChI is InChI=1S/C27H23BrF2N4O2/c1-16-26(35)33(11-10-17-12-21(30)14-22(31)13-17)27(36-16)24-15-34(23-8-4-19(28)5-9-23)32-25(24)18-2-6-20(29)7-3-18/h2-9,12-16,27H,10-11,31H2,1H3/t16-,27+/m0/s1. The van der Waals surface area contributed by atoms with Crippen LogP contribution in [0.25, 0.3) is 16.9 Å². The molecule has 6 nitrogen and oxygen atoms in total. The van der Waals surface area contributed by atoms with E-state index in [9.17, 15) is 13.6 Å². The van der Waals surface area contributed by atoms with Gasteiger partial charge in [0.2, 0.25) is 0 Å². The molecule has 184 valence electrons. The van der Waals surface area contributed by atoms with Crippen LogP contribution in [-0.2, 0) is 16.0 Å². The summed E-state index contributed by atoms with van der Waals surface area (Å²) >= 11 is 3.44. The first-order valence-electron chi connectivity index (χ1n) is 11.4. The van der Waals surface area contributed by atoms with E-state index < -0.39 is 18.1 Å². The van der Waals surface area contributed by atoms with Gasteiger partial charge in [0.25, 0.3) is 5.91 Å². The van der Waals surface area contributed by atoms with Crippen molar-refractivity contribution < 1.29 is 18.3 Å². The molecule has 0 bridgehead atoms. The van der Waals surface area contributed by atoms with Crippen molar-refractivity contribution in [1.82, 2.24) is 14.7 Å². The van der Waals surface area contributed by atoms with Crippen LogP contribution < -0.4 is 5.73 Å². The second-order valence-corrected chi connectivity index (χ2v) is 9.58. The van der Waals surface area contributed by atoms with E-state index in [0.29, 0.717) is 41.0 Å². The maximum Gasteiger partial charge on any atom is 0.253 e. The normalized spacial score (nSPS) is 17.7. The van der Waals surface area contributed by atoms with E-state index in [1.807, 2.05) is 30.5 Å². The van der Waals surface area contributed by atoms with Gasteiger partial charge in [-0.1, -0.05) is 15.9 Å². The zero-order chi connectivity index (χ0) is 25.4. The summed E-state index contributed by atoms with van der Waals surface area (Å²) in [6.07, 6.45) is 0.838. The summed E-state index contributed by atoms with van der Waals surface area (Å²) in [7, 11) is 0. The van der Waals surface area contributed by atoms with Crippen molar-refractivity contribution >= 4 is 27.5 Å². The smallest absolute Gasteiger partial charge is 0.253 e. The third-order valence-electron chi connectivity index (χ3n) is 6.09. The average molecular weight is 553 g/mol. The minimum Gasteiger partial charge on any atom is -0.399 e. The van der Waals surface area contributed by atoms with Crippen LogP contribution >= 0.6 is 15.9 Å². The average Bonchev–Trinajstić information content (AvgIpc) is 3.39. The van der Waals surface area contributed by atoms with Gasteiger partial charge < -0.3 is 15.4 Å². The molecule has 0 aliphatic carbocycles. The van der Waals surface area contributed by atoms with Gasteiger partial charge in [-0.05, 0) is 85.6 Å². The molecule has 9 heteroatoms. The van der Waals surface area contributed by atoms with Gasteiger partial charge in [0.1, 0.15) is 23.4 Å². The molecule has 1 aromatic heterocycles. The lowest BCUT2D eigenvalue weighted by atomic mass is 10.1. The Kier molecular flexibility index (Phi) is 6.59. The van der Waals surface area contributed by atoms with Crippen molar-refractivity contribution in [2.24, 2.45) is 0 Å². The molecule has 0 saturated carbocycles. The van der Waals surface area contributed by atoms with Crippen molar-refractivity contribution in [3.05, 3.63) is 100 Å². The van der Waals surface area contributed by atoms with Crippen LogP contribution in [-0.4, -0.2) is 33.2 Å². The van der Waals surface area contributed by atoms with Crippen LogP contribution in [0, 0.1) is 11.6 Å². The van der Waals surface area contributed by atoms with Crippen LogP contribution in [0.15, 0.2) is 77.4 Å². The third-order valence-corrected chi connectivity index (χ3v) is 6.61. The summed E-state index contributed by atoms with van der Waals surface area (Å²) in [4.78, 5) is 14.7.